The Kier molecular flexibility index (Phi) is 7.05. The van der Waals surface area contributed by atoms with Crippen molar-refractivity contribution in [2.45, 2.75) is 59.9 Å². The maximum absolute atomic E-state index is 12.0. The number of amides is 1. The summed E-state index contributed by atoms with van der Waals surface area (Å²) in [5.74, 6) is 0.903. The van der Waals surface area contributed by atoms with Gasteiger partial charge in [-0.1, -0.05) is 34.6 Å². The van der Waals surface area contributed by atoms with Gasteiger partial charge in [0.1, 0.15) is 0 Å². The Bertz CT molecular complexity index is 206. The second-order valence-corrected chi connectivity index (χ2v) is 5.80. The summed E-state index contributed by atoms with van der Waals surface area (Å²) in [6, 6.07) is 0.165. The molecule has 0 aromatic carbocycles. The summed E-state index contributed by atoms with van der Waals surface area (Å²) in [4.78, 5) is 12.0. The first kappa shape index (κ1) is 15.8. The Morgan fingerprint density at radius 3 is 2.06 bits per heavy atom. The maximum atomic E-state index is 12.0. The van der Waals surface area contributed by atoms with Gasteiger partial charge < -0.3 is 5.32 Å². The highest BCUT2D eigenvalue weighted by Crippen LogP contribution is 2.23. The van der Waals surface area contributed by atoms with Crippen LogP contribution in [0.5, 0.6) is 0 Å². The summed E-state index contributed by atoms with van der Waals surface area (Å²) < 4.78 is 0. The molecule has 0 rings (SSSR count). The highest BCUT2D eigenvalue weighted by atomic mass is 35.5. The Balaban J connectivity index is 4.45. The van der Waals surface area contributed by atoms with Crippen molar-refractivity contribution in [1.29, 1.82) is 0 Å². The van der Waals surface area contributed by atoms with Crippen LogP contribution in [0.25, 0.3) is 0 Å². The molecule has 0 radical (unpaired) electrons. The van der Waals surface area contributed by atoms with Gasteiger partial charge in [0.15, 0.2) is 0 Å². The SMILES string of the molecule is CCC(CC)C(=O)NC(CCCl)C(C)(C)C. The van der Waals surface area contributed by atoms with Gasteiger partial charge in [0.05, 0.1) is 0 Å². The van der Waals surface area contributed by atoms with Crippen molar-refractivity contribution in [2.24, 2.45) is 11.3 Å². The maximum Gasteiger partial charge on any atom is 0.223 e. The van der Waals surface area contributed by atoms with Crippen LogP contribution in [0, 0.1) is 11.3 Å². The van der Waals surface area contributed by atoms with Crippen LogP contribution in [0.1, 0.15) is 53.9 Å². The van der Waals surface area contributed by atoms with Crippen molar-refractivity contribution >= 4 is 17.5 Å². The van der Waals surface area contributed by atoms with Crippen LogP contribution in [0.4, 0.5) is 0 Å². The largest absolute Gasteiger partial charge is 0.353 e. The van der Waals surface area contributed by atoms with Crippen molar-refractivity contribution in [3.05, 3.63) is 0 Å². The van der Waals surface area contributed by atoms with E-state index < -0.39 is 0 Å². The van der Waals surface area contributed by atoms with Crippen molar-refractivity contribution in [3.63, 3.8) is 0 Å². The Morgan fingerprint density at radius 2 is 1.75 bits per heavy atom. The predicted octanol–water partition coefficient (Wildman–Crippen LogP) is 3.58. The Labute approximate surface area is 105 Å². The molecule has 0 fully saturated rings. The summed E-state index contributed by atoms with van der Waals surface area (Å²) in [6.07, 6.45) is 2.64. The highest BCUT2D eigenvalue weighted by molar-refractivity contribution is 6.17. The number of carbonyl (C=O) groups excluding carboxylic acids is 1. The summed E-state index contributed by atoms with van der Waals surface area (Å²) in [5, 5.41) is 3.14. The normalized spacial score (nSPS) is 13.9. The zero-order valence-electron chi connectivity index (χ0n) is 11.3. The lowest BCUT2D eigenvalue weighted by Gasteiger charge is -2.32. The predicted molar refractivity (Wildman–Crippen MR) is 70.8 cm³/mol. The molecule has 1 unspecified atom stereocenters. The number of rotatable bonds is 6. The number of alkyl halides is 1. The van der Waals surface area contributed by atoms with Gasteiger partial charge >= 0.3 is 0 Å². The molecule has 0 spiro atoms. The molecular weight excluding hydrogens is 222 g/mol. The second-order valence-electron chi connectivity index (χ2n) is 5.42. The van der Waals surface area contributed by atoms with Crippen LogP contribution in [0.15, 0.2) is 0 Å². The number of nitrogens with one attached hydrogen (secondary N) is 1. The Morgan fingerprint density at radius 1 is 1.25 bits per heavy atom. The van der Waals surface area contributed by atoms with E-state index in [-0.39, 0.29) is 23.3 Å². The van der Waals surface area contributed by atoms with Gasteiger partial charge in [-0.25, -0.2) is 0 Å². The standard InChI is InChI=1S/C13H26ClNO/c1-6-10(7-2)12(16)15-11(8-9-14)13(3,4)5/h10-11H,6-9H2,1-5H3,(H,15,16). The zero-order valence-corrected chi connectivity index (χ0v) is 12.0. The van der Waals surface area contributed by atoms with Crippen LogP contribution in [0.3, 0.4) is 0 Å². The monoisotopic (exact) mass is 247 g/mol. The van der Waals surface area contributed by atoms with E-state index >= 15 is 0 Å². The fourth-order valence-corrected chi connectivity index (χ4v) is 2.00. The average molecular weight is 248 g/mol. The molecular formula is C13H26ClNO. The molecule has 0 aromatic rings. The lowest BCUT2D eigenvalue weighted by Crippen LogP contribution is -2.46. The molecule has 1 atom stereocenters. The van der Waals surface area contributed by atoms with E-state index in [9.17, 15) is 4.79 Å². The topological polar surface area (TPSA) is 29.1 Å². The summed E-state index contributed by atoms with van der Waals surface area (Å²) in [6.45, 7) is 10.5. The molecule has 16 heavy (non-hydrogen) atoms. The van der Waals surface area contributed by atoms with Gasteiger partial charge in [0.25, 0.3) is 0 Å². The first-order valence-electron chi connectivity index (χ1n) is 6.23. The molecule has 1 N–H and O–H groups in total. The van der Waals surface area contributed by atoms with E-state index in [0.29, 0.717) is 5.88 Å². The lowest BCUT2D eigenvalue weighted by molar-refractivity contribution is -0.126. The molecule has 0 aliphatic rings. The molecule has 0 aliphatic heterocycles. The number of halogens is 1. The second kappa shape index (κ2) is 7.16. The first-order chi connectivity index (χ1) is 7.36. The van der Waals surface area contributed by atoms with Crippen LogP contribution >= 0.6 is 11.6 Å². The van der Waals surface area contributed by atoms with Gasteiger partial charge in [-0.15, -0.1) is 11.6 Å². The van der Waals surface area contributed by atoms with E-state index in [1.54, 1.807) is 0 Å². The fraction of sp³-hybridized carbons (Fsp3) is 0.923. The number of hydrogen-bond acceptors (Lipinski definition) is 1. The Hall–Kier alpha value is -0.240. The minimum Gasteiger partial charge on any atom is -0.353 e. The summed E-state index contributed by atoms with van der Waals surface area (Å²) in [7, 11) is 0. The average Bonchev–Trinajstić information content (AvgIpc) is 2.17. The minimum atomic E-state index is 0.0661. The highest BCUT2D eigenvalue weighted by Gasteiger charge is 2.27. The van der Waals surface area contributed by atoms with Crippen LogP contribution < -0.4 is 5.32 Å². The molecule has 0 heterocycles. The van der Waals surface area contributed by atoms with Crippen molar-refractivity contribution in [1.82, 2.24) is 5.32 Å². The van der Waals surface area contributed by atoms with Gasteiger partial charge in [-0.2, -0.15) is 0 Å². The molecule has 2 nitrogen and oxygen atoms in total. The van der Waals surface area contributed by atoms with Crippen LogP contribution in [-0.2, 0) is 4.79 Å². The van der Waals surface area contributed by atoms with E-state index in [1.807, 2.05) is 0 Å². The third kappa shape index (κ3) is 5.20. The molecule has 0 aliphatic carbocycles. The fourth-order valence-electron chi connectivity index (χ4n) is 1.78. The molecule has 96 valence electrons. The molecule has 0 saturated carbocycles. The van der Waals surface area contributed by atoms with Crippen molar-refractivity contribution < 1.29 is 4.79 Å². The van der Waals surface area contributed by atoms with Gasteiger partial charge in [0.2, 0.25) is 5.91 Å². The van der Waals surface area contributed by atoms with Gasteiger partial charge in [-0.05, 0) is 24.7 Å². The number of hydrogen-bond donors (Lipinski definition) is 1. The minimum absolute atomic E-state index is 0.0661. The van der Waals surface area contributed by atoms with E-state index in [0.717, 1.165) is 19.3 Å². The molecule has 0 bridgehead atoms. The summed E-state index contributed by atoms with van der Waals surface area (Å²) in [5.41, 5.74) is 0.0661. The lowest BCUT2D eigenvalue weighted by atomic mass is 9.84. The molecule has 3 heteroatoms. The number of carbonyl (C=O) groups is 1. The van der Waals surface area contributed by atoms with Crippen LogP contribution in [-0.4, -0.2) is 17.8 Å². The third-order valence-electron chi connectivity index (χ3n) is 3.12. The summed E-state index contributed by atoms with van der Waals surface area (Å²) >= 11 is 5.78. The smallest absolute Gasteiger partial charge is 0.223 e. The molecule has 0 saturated heterocycles. The van der Waals surface area contributed by atoms with Gasteiger partial charge in [0, 0.05) is 17.8 Å². The first-order valence-corrected chi connectivity index (χ1v) is 6.76. The molecule has 1 amide bonds. The van der Waals surface area contributed by atoms with Gasteiger partial charge in [-0.3, -0.25) is 4.79 Å². The van der Waals surface area contributed by atoms with E-state index in [2.05, 4.69) is 39.9 Å². The van der Waals surface area contributed by atoms with E-state index in [4.69, 9.17) is 11.6 Å². The zero-order chi connectivity index (χ0) is 12.8. The van der Waals surface area contributed by atoms with Crippen LogP contribution in [0.2, 0.25) is 0 Å². The van der Waals surface area contributed by atoms with E-state index in [1.165, 1.54) is 0 Å². The van der Waals surface area contributed by atoms with Crippen molar-refractivity contribution in [2.75, 3.05) is 5.88 Å². The molecule has 0 aromatic heterocycles. The quantitative estimate of drug-likeness (QED) is 0.715. The van der Waals surface area contributed by atoms with Crippen molar-refractivity contribution in [3.8, 4) is 0 Å². The third-order valence-corrected chi connectivity index (χ3v) is 3.33.